The van der Waals surface area contributed by atoms with Gasteiger partial charge in [0.1, 0.15) is 16.6 Å². The third-order valence-corrected chi connectivity index (χ3v) is 124. The molecule has 0 amide bonds. The molecule has 14 aromatic carbocycles. The van der Waals surface area contributed by atoms with Crippen LogP contribution in [0.15, 0.2) is 321 Å². The summed E-state index contributed by atoms with van der Waals surface area (Å²) in [5, 5.41) is 10.1. The molecule has 0 aliphatic carbocycles. The molecule has 0 saturated heterocycles. The Bertz CT molecular complexity index is 5670. The predicted molar refractivity (Wildman–Crippen MR) is 570 cm³/mol. The molecule has 2 N–H and O–H groups in total. The van der Waals surface area contributed by atoms with Crippen LogP contribution in [-0.4, -0.2) is 15.0 Å². The highest BCUT2D eigenvalue weighted by Gasteiger charge is 2.18. The maximum absolute atomic E-state index is 6.06. The van der Waals surface area contributed by atoms with Crippen LogP contribution in [0.4, 0.5) is 22.7 Å². The SMILES string of the molecule is Brc1ccc(-c2nc3ccccc3o2)cc1.Nc1ccc(-c2ccc3cc4ccccc4cc3c2)cc1.PP(P)P(P)P(P)P.[PH-]P(P(P)P)P(P)P.[PH-]P(P)P([PH-])P(P)P.c1ccc2cc3cc(-c4ccc(N(c5ccc(-c6nc7ccccc7o6)cc5)c5ccc(-c6nc7ccccc7o6)cc5)cc4)ccc3cc2c1. The van der Waals surface area contributed by atoms with E-state index in [1.165, 1.54) is 59.8 Å². The molecule has 33 heteroatoms. The zero-order valence-electron chi connectivity index (χ0n) is 59.8. The normalized spacial score (nSPS) is 11.9. The Morgan fingerprint density at radius 1 is 0.286 bits per heavy atom. The highest BCUT2D eigenvalue weighted by Crippen LogP contribution is 3.02. The number of nitrogens with zero attached hydrogens (tertiary/aromatic N) is 4. The lowest BCUT2D eigenvalue weighted by Gasteiger charge is -2.37. The lowest BCUT2D eigenvalue weighted by atomic mass is 9.98. The molecule has 8 nitrogen and oxygen atoms in total. The molecule has 568 valence electrons. The molecular weight excluding hydrogens is 1890 g/mol. The van der Waals surface area contributed by atoms with Crippen LogP contribution in [-0.2, 0) is 0 Å². The number of aromatic nitrogens is 3. The van der Waals surface area contributed by atoms with Gasteiger partial charge >= 0.3 is 0 Å². The average molecular weight is 1970 g/mol. The van der Waals surface area contributed by atoms with E-state index in [1.54, 1.807) is 0 Å². The summed E-state index contributed by atoms with van der Waals surface area (Å²) < 4.78 is 18.8. The number of oxazole rings is 3. The summed E-state index contributed by atoms with van der Waals surface area (Å²) in [5.74, 6) is 1.86. The third-order valence-electron chi connectivity index (χ3n) is 17.2. The number of nitrogens with two attached hydrogens (primary N) is 1. The van der Waals surface area contributed by atoms with Crippen molar-refractivity contribution < 1.29 is 13.3 Å². The molecule has 3 aromatic heterocycles. The molecule has 0 aliphatic rings. The molecule has 112 heavy (non-hydrogen) atoms. The summed E-state index contributed by atoms with van der Waals surface area (Å²) in [7, 11) is 45.1. The molecule has 17 aromatic rings. The highest BCUT2D eigenvalue weighted by molar-refractivity contribution is 9.10. The lowest BCUT2D eigenvalue weighted by molar-refractivity contribution is 0.619. The van der Waals surface area contributed by atoms with Gasteiger partial charge in [0.25, 0.3) is 0 Å². The average Bonchev–Trinajstić information content (AvgIpc) is 1.76. The van der Waals surface area contributed by atoms with Gasteiger partial charge in [0.2, 0.25) is 17.7 Å². The van der Waals surface area contributed by atoms with E-state index in [0.29, 0.717) is 17.7 Å². The maximum Gasteiger partial charge on any atom is 0.227 e. The molecule has 0 saturated carbocycles. The zero-order valence-corrected chi connectivity index (χ0v) is 86.3. The molecule has 0 spiro atoms. The molecule has 17 rings (SSSR count). The second kappa shape index (κ2) is 44.1. The molecule has 14 atom stereocenters. The maximum atomic E-state index is 6.06. The van der Waals surface area contributed by atoms with Crippen LogP contribution in [0.1, 0.15) is 0 Å². The van der Waals surface area contributed by atoms with Crippen LogP contribution >= 0.6 is 213 Å². The molecule has 3 heterocycles. The van der Waals surface area contributed by atoms with Crippen LogP contribution in [0.5, 0.6) is 0 Å². The van der Waals surface area contributed by atoms with Crippen molar-refractivity contribution in [3.05, 3.63) is 308 Å². The van der Waals surface area contributed by atoms with Gasteiger partial charge in [-0.25, -0.2) is 28.9 Å². The van der Waals surface area contributed by atoms with Gasteiger partial charge < -0.3 is 50.7 Å². The Kier molecular flexibility index (Phi) is 35.5. The molecule has 0 radical (unpaired) electrons. The van der Waals surface area contributed by atoms with E-state index < -0.39 is 0 Å². The van der Waals surface area contributed by atoms with Gasteiger partial charge in [-0.1, -0.05) is 170 Å². The first-order chi connectivity index (χ1) is 54.0. The van der Waals surface area contributed by atoms with E-state index in [4.69, 9.17) is 29.0 Å². The Morgan fingerprint density at radius 3 is 0.848 bits per heavy atom. The predicted octanol–water partition coefficient (Wildman–Crippen LogP) is 35.7. The summed E-state index contributed by atoms with van der Waals surface area (Å²) in [5.41, 5.74) is 22.1. The zero-order chi connectivity index (χ0) is 79.1. The number of para-hydroxylation sites is 6. The molecule has 0 bridgehead atoms. The van der Waals surface area contributed by atoms with Gasteiger partial charge in [-0.3, -0.25) is 6.99 Å². The van der Waals surface area contributed by atoms with Crippen molar-refractivity contribution >= 4 is 312 Å². The Hall–Kier alpha value is -1.07. The van der Waals surface area contributed by atoms with Gasteiger partial charge in [-0.2, -0.15) is 0 Å². The molecule has 0 aliphatic heterocycles. The monoisotopic (exact) mass is 1970 g/mol. The van der Waals surface area contributed by atoms with E-state index in [-0.39, 0.29) is 62.9 Å². The second-order valence-electron chi connectivity index (χ2n) is 24.7. The number of hydrogen-bond acceptors (Lipinski definition) is 8. The summed E-state index contributed by atoms with van der Waals surface area (Å²) >= 11 is 3.40. The van der Waals surface area contributed by atoms with E-state index in [2.05, 4.69) is 354 Å². The van der Waals surface area contributed by atoms with Gasteiger partial charge in [0.15, 0.2) is 16.7 Å². The Labute approximate surface area is 708 Å². The van der Waals surface area contributed by atoms with E-state index in [1.807, 2.05) is 109 Å². The topological polar surface area (TPSA) is 107 Å². The smallest absolute Gasteiger partial charge is 0.227 e. The van der Waals surface area contributed by atoms with Crippen molar-refractivity contribution in [3.8, 4) is 56.6 Å². The fourth-order valence-corrected chi connectivity index (χ4v) is 96.5. The minimum Gasteiger partial charge on any atom is -0.519 e. The van der Waals surface area contributed by atoms with Crippen molar-refractivity contribution in [1.29, 1.82) is 0 Å². The fourth-order valence-electron chi connectivity index (χ4n) is 11.6. The largest absolute Gasteiger partial charge is 0.519 e. The Balaban J connectivity index is 0.000000155. The van der Waals surface area contributed by atoms with Crippen molar-refractivity contribution in [1.82, 2.24) is 15.0 Å². The number of benzene rings is 14. The van der Waals surface area contributed by atoms with Gasteiger partial charge in [-0.05, 0) is 256 Å². The van der Waals surface area contributed by atoms with Crippen molar-refractivity contribution in [2.45, 2.75) is 0 Å². The van der Waals surface area contributed by atoms with Crippen LogP contribution in [0, 0.1) is 0 Å². The van der Waals surface area contributed by atoms with Crippen molar-refractivity contribution in [2.24, 2.45) is 0 Å². The van der Waals surface area contributed by atoms with Crippen LogP contribution in [0.25, 0.3) is 133 Å². The third kappa shape index (κ3) is 24.9. The van der Waals surface area contributed by atoms with Gasteiger partial charge in [-0.15, -0.1) is 107 Å². The van der Waals surface area contributed by atoms with Crippen LogP contribution in [0.2, 0.25) is 0 Å². The summed E-state index contributed by atoms with van der Waals surface area (Å²) in [6.45, 7) is 0.873. The molecule has 0 fully saturated rings. The number of anilines is 4. The van der Waals surface area contributed by atoms with Crippen LogP contribution in [0.3, 0.4) is 0 Å². The number of hydrogen-bond donors (Lipinski definition) is 1. The number of fused-ring (bicyclic) bond motifs is 7. The van der Waals surface area contributed by atoms with Crippen molar-refractivity contribution in [2.75, 3.05) is 10.6 Å². The van der Waals surface area contributed by atoms with E-state index in [0.717, 1.165) is 82.8 Å². The first-order valence-electron chi connectivity index (χ1n) is 34.0. The van der Waals surface area contributed by atoms with Crippen molar-refractivity contribution in [3.63, 3.8) is 0 Å². The van der Waals surface area contributed by atoms with Crippen LogP contribution < -0.4 is 10.6 Å². The number of halogens is 1. The summed E-state index contributed by atoms with van der Waals surface area (Å²) in [6.07, 6.45) is 0. The summed E-state index contributed by atoms with van der Waals surface area (Å²) in [4.78, 5) is 16.1. The quantitative estimate of drug-likeness (QED) is 0.0652. The van der Waals surface area contributed by atoms with Gasteiger partial charge in [0, 0.05) is 43.9 Å². The number of nitrogen functional groups attached to an aromatic ring is 1. The summed E-state index contributed by atoms with van der Waals surface area (Å²) in [6, 6.07) is 104. The lowest BCUT2D eigenvalue weighted by Crippen LogP contribution is -2.09. The standard InChI is InChI=1S/C46H29N3O2.C20H15N.C13H8BrNO.H10P8.H9P8.H8P8/c1-2-8-34-28-37-29-35(13-14-36(37)27-33(34)7-1)30-15-21-38(22-16-30)49(39-23-17-31(18-24-39)45-47-41-9-3-5-11-43(41)50-45)40-25-19-32(20-26-40)46-48-42-10-4-6-12-44(42)51-46;21-20-9-7-14(8-10-20)17-5-6-18-11-15-3-1-2-4-16(15)12-19(18)13-17;14-10-7-5-9(6-8-10)13-15-11-3-1-2-4-12(11)16-13;3*1-6(2)8(5)7(3)4/h1-29H;1-13H,21H2;1-8H;1-5H2;5H,1-4H2;1,5H,2-4H2/q;;;;-1;-2. The first kappa shape index (κ1) is 90.2. The molecule has 14 unspecified atom stereocenters. The second-order valence-corrected chi connectivity index (χ2v) is 107. The first-order valence-corrected chi connectivity index (χ1v) is 74.5. The van der Waals surface area contributed by atoms with E-state index in [9.17, 15) is 0 Å². The van der Waals surface area contributed by atoms with Gasteiger partial charge in [0.05, 0.1) is 0 Å². The van der Waals surface area contributed by atoms with E-state index >= 15 is 0 Å². The number of rotatable bonds is 14. The Morgan fingerprint density at radius 2 is 0.562 bits per heavy atom. The molecular formula is C79H79BrN5O3P24-3. The minimum absolute atomic E-state index is 0.0134. The fraction of sp³-hybridized carbons (Fsp3) is 0. The highest BCUT2D eigenvalue weighted by atomic mass is 79.9. The minimum atomic E-state index is -0.0134.